The molecule has 1 saturated carbocycles. The van der Waals surface area contributed by atoms with E-state index in [4.69, 9.17) is 4.74 Å². The lowest BCUT2D eigenvalue weighted by Gasteiger charge is -2.30. The third kappa shape index (κ3) is 4.23. The molecule has 0 heterocycles. The summed E-state index contributed by atoms with van der Waals surface area (Å²) in [5.74, 6) is 2.10. The molecule has 0 aromatic rings. The Hall–Kier alpha value is -0.530. The van der Waals surface area contributed by atoms with Crippen LogP contribution < -0.4 is 0 Å². The van der Waals surface area contributed by atoms with E-state index in [-0.39, 0.29) is 5.97 Å². The molecule has 0 aromatic heterocycles. The molecule has 0 spiro atoms. The predicted octanol–water partition coefficient (Wildman–Crippen LogP) is 3.40. The first-order valence-corrected chi connectivity index (χ1v) is 6.29. The Bertz CT molecular complexity index is 193. The second-order valence-electron chi connectivity index (χ2n) is 5.01. The van der Waals surface area contributed by atoms with Gasteiger partial charge in [0.2, 0.25) is 0 Å². The zero-order chi connectivity index (χ0) is 11.3. The average molecular weight is 212 g/mol. The minimum atomic E-state index is -0.0244. The highest BCUT2D eigenvalue weighted by Gasteiger charge is 2.24. The van der Waals surface area contributed by atoms with Gasteiger partial charge in [-0.1, -0.05) is 26.7 Å². The lowest BCUT2D eigenvalue weighted by Crippen LogP contribution is -2.21. The Kier molecular flexibility index (Phi) is 5.13. The number of hydrogen-bond acceptors (Lipinski definition) is 2. The molecule has 1 unspecified atom stereocenters. The first-order valence-electron chi connectivity index (χ1n) is 6.29. The molecular weight excluding hydrogens is 188 g/mol. The van der Waals surface area contributed by atoms with E-state index in [9.17, 15) is 4.79 Å². The van der Waals surface area contributed by atoms with Gasteiger partial charge >= 0.3 is 5.97 Å². The maximum atomic E-state index is 11.3. The van der Waals surface area contributed by atoms with Crippen LogP contribution in [0.2, 0.25) is 0 Å². The molecule has 1 aliphatic rings. The van der Waals surface area contributed by atoms with Crippen molar-refractivity contribution in [2.75, 3.05) is 6.61 Å². The van der Waals surface area contributed by atoms with Crippen LogP contribution in [0.25, 0.3) is 0 Å². The first kappa shape index (κ1) is 12.5. The van der Waals surface area contributed by atoms with Crippen LogP contribution in [0.15, 0.2) is 0 Å². The van der Waals surface area contributed by atoms with Gasteiger partial charge in [0.25, 0.3) is 0 Å². The van der Waals surface area contributed by atoms with Crippen LogP contribution in [0, 0.1) is 17.8 Å². The minimum absolute atomic E-state index is 0.0244. The second kappa shape index (κ2) is 6.14. The Morgan fingerprint density at radius 3 is 2.47 bits per heavy atom. The molecule has 0 radical (unpaired) electrons. The molecule has 0 aromatic carbocycles. The Labute approximate surface area is 93.4 Å². The van der Waals surface area contributed by atoms with Gasteiger partial charge in [-0.3, -0.25) is 4.79 Å². The highest BCUT2D eigenvalue weighted by atomic mass is 16.5. The largest absolute Gasteiger partial charge is 0.466 e. The van der Waals surface area contributed by atoms with E-state index in [1.165, 1.54) is 25.7 Å². The van der Waals surface area contributed by atoms with Gasteiger partial charge in [-0.25, -0.2) is 0 Å². The monoisotopic (exact) mass is 212 g/mol. The van der Waals surface area contributed by atoms with Crippen LogP contribution >= 0.6 is 0 Å². The van der Waals surface area contributed by atoms with Gasteiger partial charge in [-0.05, 0) is 37.5 Å². The van der Waals surface area contributed by atoms with Gasteiger partial charge in [0.05, 0.1) is 6.61 Å². The van der Waals surface area contributed by atoms with Crippen molar-refractivity contribution in [3.63, 3.8) is 0 Å². The van der Waals surface area contributed by atoms with E-state index in [1.54, 1.807) is 0 Å². The van der Waals surface area contributed by atoms with Crippen molar-refractivity contribution in [3.05, 3.63) is 0 Å². The number of esters is 1. The van der Waals surface area contributed by atoms with E-state index in [0.29, 0.717) is 18.9 Å². The molecule has 0 N–H and O–H groups in total. The molecule has 1 atom stereocenters. The normalized spacial score (nSPS) is 28.5. The van der Waals surface area contributed by atoms with Crippen LogP contribution in [-0.2, 0) is 9.53 Å². The highest BCUT2D eigenvalue weighted by molar-refractivity contribution is 5.69. The van der Waals surface area contributed by atoms with Crippen LogP contribution in [0.1, 0.15) is 52.9 Å². The zero-order valence-electron chi connectivity index (χ0n) is 10.3. The zero-order valence-corrected chi connectivity index (χ0v) is 10.3. The molecule has 88 valence electrons. The van der Waals surface area contributed by atoms with Crippen molar-refractivity contribution >= 4 is 5.97 Å². The fourth-order valence-corrected chi connectivity index (χ4v) is 2.50. The maximum absolute atomic E-state index is 11.3. The first-order chi connectivity index (χ1) is 7.13. The van der Waals surface area contributed by atoms with Crippen molar-refractivity contribution in [1.82, 2.24) is 0 Å². The lowest BCUT2D eigenvalue weighted by atomic mass is 9.76. The minimum Gasteiger partial charge on any atom is -0.466 e. The average Bonchev–Trinajstić information content (AvgIpc) is 2.18. The summed E-state index contributed by atoms with van der Waals surface area (Å²) in [5, 5.41) is 0. The summed E-state index contributed by atoms with van der Waals surface area (Å²) < 4.78 is 4.99. The van der Waals surface area contributed by atoms with Gasteiger partial charge in [0.1, 0.15) is 0 Å². The highest BCUT2D eigenvalue weighted by Crippen LogP contribution is 2.34. The smallest absolute Gasteiger partial charge is 0.306 e. The number of carbonyl (C=O) groups excluding carboxylic acids is 1. The standard InChI is InChI=1S/C13H24O2/c1-4-15-13(14)9-11(3)12-7-5-10(2)6-8-12/h10-12H,4-9H2,1-3H3. The summed E-state index contributed by atoms with van der Waals surface area (Å²) in [6.45, 7) is 6.89. The molecule has 0 aliphatic heterocycles. The summed E-state index contributed by atoms with van der Waals surface area (Å²) in [6.07, 6.45) is 5.85. The topological polar surface area (TPSA) is 26.3 Å². The maximum Gasteiger partial charge on any atom is 0.306 e. The van der Waals surface area contributed by atoms with Crippen LogP contribution in [0.5, 0.6) is 0 Å². The Morgan fingerprint density at radius 1 is 1.33 bits per heavy atom. The van der Waals surface area contributed by atoms with E-state index >= 15 is 0 Å². The van der Waals surface area contributed by atoms with Gasteiger partial charge in [-0.15, -0.1) is 0 Å². The van der Waals surface area contributed by atoms with Crippen molar-refractivity contribution in [1.29, 1.82) is 0 Å². The lowest BCUT2D eigenvalue weighted by molar-refractivity contribution is -0.144. The van der Waals surface area contributed by atoms with Gasteiger partial charge in [0, 0.05) is 6.42 Å². The van der Waals surface area contributed by atoms with Crippen molar-refractivity contribution in [2.45, 2.75) is 52.9 Å². The molecule has 15 heavy (non-hydrogen) atoms. The third-order valence-electron chi connectivity index (χ3n) is 3.66. The summed E-state index contributed by atoms with van der Waals surface area (Å²) >= 11 is 0. The second-order valence-corrected chi connectivity index (χ2v) is 5.01. The van der Waals surface area contributed by atoms with E-state index in [2.05, 4.69) is 13.8 Å². The van der Waals surface area contributed by atoms with Gasteiger partial charge in [0.15, 0.2) is 0 Å². The van der Waals surface area contributed by atoms with Crippen molar-refractivity contribution < 1.29 is 9.53 Å². The number of hydrogen-bond donors (Lipinski definition) is 0. The SMILES string of the molecule is CCOC(=O)CC(C)C1CCC(C)CC1. The van der Waals surface area contributed by atoms with Crippen molar-refractivity contribution in [3.8, 4) is 0 Å². The van der Waals surface area contributed by atoms with Crippen LogP contribution in [0.3, 0.4) is 0 Å². The molecule has 2 heteroatoms. The van der Waals surface area contributed by atoms with Crippen LogP contribution in [0.4, 0.5) is 0 Å². The van der Waals surface area contributed by atoms with E-state index < -0.39 is 0 Å². The Morgan fingerprint density at radius 2 is 1.93 bits per heavy atom. The van der Waals surface area contributed by atoms with E-state index in [0.717, 1.165) is 11.8 Å². The summed E-state index contributed by atoms with van der Waals surface area (Å²) in [4.78, 5) is 11.3. The van der Waals surface area contributed by atoms with Gasteiger partial charge < -0.3 is 4.74 Å². The molecule has 0 bridgehead atoms. The number of ether oxygens (including phenoxy) is 1. The molecule has 1 rings (SSSR count). The predicted molar refractivity (Wildman–Crippen MR) is 61.5 cm³/mol. The fourth-order valence-electron chi connectivity index (χ4n) is 2.50. The fraction of sp³-hybridized carbons (Fsp3) is 0.923. The Balaban J connectivity index is 2.27. The van der Waals surface area contributed by atoms with Gasteiger partial charge in [-0.2, -0.15) is 0 Å². The van der Waals surface area contributed by atoms with Crippen LogP contribution in [-0.4, -0.2) is 12.6 Å². The molecule has 2 nitrogen and oxygen atoms in total. The molecule has 1 aliphatic carbocycles. The summed E-state index contributed by atoms with van der Waals surface area (Å²) in [6, 6.07) is 0. The summed E-state index contributed by atoms with van der Waals surface area (Å²) in [7, 11) is 0. The molecular formula is C13H24O2. The number of carbonyl (C=O) groups is 1. The van der Waals surface area contributed by atoms with Crippen molar-refractivity contribution in [2.24, 2.45) is 17.8 Å². The van der Waals surface area contributed by atoms with E-state index in [1.807, 2.05) is 6.92 Å². The number of rotatable bonds is 4. The third-order valence-corrected chi connectivity index (χ3v) is 3.66. The molecule has 0 amide bonds. The molecule has 0 saturated heterocycles. The molecule has 1 fully saturated rings. The summed E-state index contributed by atoms with van der Waals surface area (Å²) in [5.41, 5.74) is 0. The quantitative estimate of drug-likeness (QED) is 0.668.